The largest absolute Gasteiger partial charge is 0.494 e. The number of aryl methyl sites for hydroxylation is 2. The molecule has 3 amide bonds. The third kappa shape index (κ3) is 6.47. The van der Waals surface area contributed by atoms with Crippen LogP contribution in [0.15, 0.2) is 42.5 Å². The Hall–Kier alpha value is -3.35. The Labute approximate surface area is 158 Å². The molecular weight excluding hydrogens is 346 g/mol. The highest BCUT2D eigenvalue weighted by Crippen LogP contribution is 2.15. The molecule has 7 nitrogen and oxygen atoms in total. The molecule has 0 heterocycles. The van der Waals surface area contributed by atoms with Crippen LogP contribution >= 0.6 is 0 Å². The minimum absolute atomic E-state index is 0.313. The highest BCUT2D eigenvalue weighted by atomic mass is 16.5. The summed E-state index contributed by atoms with van der Waals surface area (Å²) in [5.41, 5.74) is 3.05. The Morgan fingerprint density at radius 1 is 0.852 bits per heavy atom. The molecule has 0 aliphatic rings. The van der Waals surface area contributed by atoms with Crippen molar-refractivity contribution in [1.29, 1.82) is 0 Å². The van der Waals surface area contributed by atoms with Gasteiger partial charge in [0.05, 0.1) is 13.2 Å². The first-order valence-corrected chi connectivity index (χ1v) is 8.57. The summed E-state index contributed by atoms with van der Waals surface area (Å²) in [4.78, 5) is 35.7. The molecular formula is C20H23N3O4. The number of hydrogen-bond acceptors (Lipinski definition) is 4. The van der Waals surface area contributed by atoms with E-state index in [2.05, 4.69) is 16.0 Å². The highest BCUT2D eigenvalue weighted by molar-refractivity contribution is 6.39. The average Bonchev–Trinajstić information content (AvgIpc) is 2.60. The second-order valence-corrected chi connectivity index (χ2v) is 6.02. The molecule has 0 saturated carbocycles. The molecule has 0 radical (unpaired) electrons. The summed E-state index contributed by atoms with van der Waals surface area (Å²) in [5.74, 6) is -1.44. The van der Waals surface area contributed by atoms with Crippen LogP contribution in [0.25, 0.3) is 0 Å². The number of nitrogens with one attached hydrogen (secondary N) is 3. The first kappa shape index (κ1) is 20.0. The van der Waals surface area contributed by atoms with Crippen molar-refractivity contribution in [2.75, 3.05) is 23.8 Å². The number of amides is 3. The summed E-state index contributed by atoms with van der Waals surface area (Å²) in [6.07, 6.45) is 0. The summed E-state index contributed by atoms with van der Waals surface area (Å²) in [6.45, 7) is 5.92. The Kier molecular flexibility index (Phi) is 6.93. The predicted octanol–water partition coefficient (Wildman–Crippen LogP) is 2.40. The lowest BCUT2D eigenvalue weighted by Gasteiger charge is -2.09. The molecule has 0 bridgehead atoms. The van der Waals surface area contributed by atoms with Gasteiger partial charge in [-0.25, -0.2) is 0 Å². The molecule has 0 atom stereocenters. The zero-order valence-corrected chi connectivity index (χ0v) is 15.6. The minimum atomic E-state index is -0.879. The average molecular weight is 369 g/mol. The molecule has 0 unspecified atom stereocenters. The number of carbonyl (C=O) groups excluding carboxylic acids is 3. The van der Waals surface area contributed by atoms with Crippen LogP contribution in [0.4, 0.5) is 11.4 Å². The molecule has 2 rings (SSSR count). The van der Waals surface area contributed by atoms with Crippen molar-refractivity contribution in [2.24, 2.45) is 0 Å². The van der Waals surface area contributed by atoms with Crippen molar-refractivity contribution in [3.63, 3.8) is 0 Å². The molecule has 0 spiro atoms. The molecule has 0 fully saturated rings. The van der Waals surface area contributed by atoms with Gasteiger partial charge in [0.2, 0.25) is 5.91 Å². The van der Waals surface area contributed by atoms with Crippen molar-refractivity contribution < 1.29 is 19.1 Å². The number of rotatable bonds is 6. The Morgan fingerprint density at radius 3 is 2.07 bits per heavy atom. The third-order valence-corrected chi connectivity index (χ3v) is 3.54. The van der Waals surface area contributed by atoms with Crippen LogP contribution in [-0.4, -0.2) is 30.9 Å². The first-order valence-electron chi connectivity index (χ1n) is 8.57. The van der Waals surface area contributed by atoms with Crippen molar-refractivity contribution in [1.82, 2.24) is 5.32 Å². The fourth-order valence-electron chi connectivity index (χ4n) is 2.48. The van der Waals surface area contributed by atoms with Crippen LogP contribution in [-0.2, 0) is 14.4 Å². The molecule has 142 valence electrons. The molecule has 3 N–H and O–H groups in total. The quantitative estimate of drug-likeness (QED) is 0.681. The zero-order valence-electron chi connectivity index (χ0n) is 15.6. The van der Waals surface area contributed by atoms with Crippen molar-refractivity contribution >= 4 is 29.1 Å². The van der Waals surface area contributed by atoms with E-state index >= 15 is 0 Å². The van der Waals surface area contributed by atoms with Gasteiger partial charge in [0, 0.05) is 11.4 Å². The summed E-state index contributed by atoms with van der Waals surface area (Å²) in [6, 6.07) is 12.3. The van der Waals surface area contributed by atoms with Crippen molar-refractivity contribution in [3.05, 3.63) is 53.6 Å². The molecule has 7 heteroatoms. The number of ether oxygens (including phenoxy) is 1. The monoisotopic (exact) mass is 369 g/mol. The van der Waals surface area contributed by atoms with E-state index in [1.807, 2.05) is 26.8 Å². The van der Waals surface area contributed by atoms with E-state index in [1.165, 1.54) is 0 Å². The summed E-state index contributed by atoms with van der Waals surface area (Å²) < 4.78 is 5.32. The number of hydrogen-bond donors (Lipinski definition) is 3. The molecule has 0 aromatic heterocycles. The first-order chi connectivity index (χ1) is 12.9. The van der Waals surface area contributed by atoms with E-state index in [9.17, 15) is 14.4 Å². The summed E-state index contributed by atoms with van der Waals surface area (Å²) >= 11 is 0. The van der Waals surface area contributed by atoms with E-state index in [-0.39, 0.29) is 6.54 Å². The van der Waals surface area contributed by atoms with Gasteiger partial charge in [-0.1, -0.05) is 6.07 Å². The fraction of sp³-hybridized carbons (Fsp3) is 0.250. The van der Waals surface area contributed by atoms with Gasteiger partial charge in [0.25, 0.3) is 0 Å². The van der Waals surface area contributed by atoms with E-state index in [1.54, 1.807) is 36.4 Å². The zero-order chi connectivity index (χ0) is 19.8. The Balaban J connectivity index is 1.81. The van der Waals surface area contributed by atoms with Gasteiger partial charge in [-0.15, -0.1) is 0 Å². The number of carbonyl (C=O) groups is 3. The van der Waals surface area contributed by atoms with Crippen LogP contribution in [0.1, 0.15) is 18.1 Å². The van der Waals surface area contributed by atoms with Crippen LogP contribution in [0.2, 0.25) is 0 Å². The van der Waals surface area contributed by atoms with Crippen LogP contribution in [0.3, 0.4) is 0 Å². The second-order valence-electron chi connectivity index (χ2n) is 6.02. The van der Waals surface area contributed by atoms with Crippen LogP contribution in [0, 0.1) is 13.8 Å². The van der Waals surface area contributed by atoms with Gasteiger partial charge < -0.3 is 20.7 Å². The van der Waals surface area contributed by atoms with Gasteiger partial charge in [0.15, 0.2) is 0 Å². The smallest absolute Gasteiger partial charge is 0.313 e. The molecule has 0 aliphatic heterocycles. The fourth-order valence-corrected chi connectivity index (χ4v) is 2.48. The van der Waals surface area contributed by atoms with Gasteiger partial charge in [-0.05, 0) is 68.3 Å². The highest BCUT2D eigenvalue weighted by Gasteiger charge is 2.15. The molecule has 0 saturated heterocycles. The van der Waals surface area contributed by atoms with Crippen LogP contribution < -0.4 is 20.7 Å². The van der Waals surface area contributed by atoms with Gasteiger partial charge in [0.1, 0.15) is 5.75 Å². The van der Waals surface area contributed by atoms with Crippen molar-refractivity contribution in [2.45, 2.75) is 20.8 Å². The Morgan fingerprint density at radius 2 is 1.48 bits per heavy atom. The predicted molar refractivity (Wildman–Crippen MR) is 104 cm³/mol. The standard InChI is InChI=1S/C20H23N3O4/c1-4-27-17-7-5-15(6-8-17)22-18(24)12-21-19(25)20(26)23-16-10-13(2)9-14(3)11-16/h5-11H,4,12H2,1-3H3,(H,21,25)(H,22,24)(H,23,26). The lowest BCUT2D eigenvalue weighted by atomic mass is 10.1. The second kappa shape index (κ2) is 9.38. The summed E-state index contributed by atoms with van der Waals surface area (Å²) in [7, 11) is 0. The molecule has 2 aromatic carbocycles. The van der Waals surface area contributed by atoms with E-state index in [4.69, 9.17) is 4.74 Å². The van der Waals surface area contributed by atoms with Gasteiger partial charge in [-0.2, -0.15) is 0 Å². The van der Waals surface area contributed by atoms with Gasteiger partial charge >= 0.3 is 11.8 Å². The molecule has 27 heavy (non-hydrogen) atoms. The van der Waals surface area contributed by atoms with Crippen LogP contribution in [0.5, 0.6) is 5.75 Å². The SMILES string of the molecule is CCOc1ccc(NC(=O)CNC(=O)C(=O)Nc2cc(C)cc(C)c2)cc1. The third-order valence-electron chi connectivity index (χ3n) is 3.54. The van der Waals surface area contributed by atoms with Crippen molar-refractivity contribution in [3.8, 4) is 5.75 Å². The lowest BCUT2D eigenvalue weighted by Crippen LogP contribution is -2.39. The van der Waals surface area contributed by atoms with E-state index < -0.39 is 17.7 Å². The van der Waals surface area contributed by atoms with E-state index in [0.717, 1.165) is 11.1 Å². The summed E-state index contributed by atoms with van der Waals surface area (Å²) in [5, 5.41) is 7.44. The number of anilines is 2. The minimum Gasteiger partial charge on any atom is -0.494 e. The van der Waals surface area contributed by atoms with Gasteiger partial charge in [-0.3, -0.25) is 14.4 Å². The molecule has 0 aliphatic carbocycles. The Bertz CT molecular complexity index is 811. The topological polar surface area (TPSA) is 96.5 Å². The maximum Gasteiger partial charge on any atom is 0.313 e. The molecule has 2 aromatic rings. The lowest BCUT2D eigenvalue weighted by molar-refractivity contribution is -0.136. The maximum absolute atomic E-state index is 11.9. The normalized spacial score (nSPS) is 10.0. The van der Waals surface area contributed by atoms with E-state index in [0.29, 0.717) is 23.7 Å². The maximum atomic E-state index is 11.9. The number of benzene rings is 2.